The van der Waals surface area contributed by atoms with Crippen LogP contribution in [0.3, 0.4) is 0 Å². The summed E-state index contributed by atoms with van der Waals surface area (Å²) in [6.45, 7) is 6.15. The first-order valence-electron chi connectivity index (χ1n) is 6.27. The van der Waals surface area contributed by atoms with Crippen molar-refractivity contribution in [2.75, 3.05) is 6.61 Å². The van der Waals surface area contributed by atoms with Gasteiger partial charge in [0.05, 0.1) is 0 Å². The third kappa shape index (κ3) is 4.69. The quantitative estimate of drug-likeness (QED) is 0.875. The fraction of sp³-hybridized carbons (Fsp3) is 0.500. The maximum Gasteiger partial charge on any atom is 0.258 e. The minimum atomic E-state index is -0.0747. The summed E-state index contributed by atoms with van der Waals surface area (Å²) in [5, 5.41) is 2.88. The van der Waals surface area contributed by atoms with Crippen molar-refractivity contribution in [2.24, 2.45) is 0 Å². The molecule has 1 rings (SSSR count). The Balaban J connectivity index is 2.55. The Morgan fingerprint density at radius 1 is 1.44 bits per heavy atom. The third-order valence-corrected chi connectivity index (χ3v) is 3.28. The smallest absolute Gasteiger partial charge is 0.258 e. The molecule has 1 aromatic carbocycles. The molecule has 0 saturated carbocycles. The van der Waals surface area contributed by atoms with E-state index < -0.39 is 0 Å². The molecule has 0 saturated heterocycles. The van der Waals surface area contributed by atoms with Crippen molar-refractivity contribution in [2.45, 2.75) is 39.7 Å². The molecular weight excluding hydrogens is 294 g/mol. The van der Waals surface area contributed by atoms with Crippen LogP contribution < -0.4 is 10.1 Å². The summed E-state index contributed by atoms with van der Waals surface area (Å²) in [5.41, 5.74) is 1.10. The van der Waals surface area contributed by atoms with Gasteiger partial charge in [0, 0.05) is 10.5 Å². The summed E-state index contributed by atoms with van der Waals surface area (Å²) in [7, 11) is 0. The lowest BCUT2D eigenvalue weighted by Crippen LogP contribution is -2.35. The number of rotatable bonds is 6. The molecule has 0 aliphatic heterocycles. The molecule has 1 aromatic rings. The molecule has 0 radical (unpaired) electrons. The first-order valence-corrected chi connectivity index (χ1v) is 7.06. The van der Waals surface area contributed by atoms with Crippen molar-refractivity contribution in [3.05, 3.63) is 28.2 Å². The van der Waals surface area contributed by atoms with E-state index in [9.17, 15) is 4.79 Å². The van der Waals surface area contributed by atoms with Crippen LogP contribution in [-0.2, 0) is 11.2 Å². The van der Waals surface area contributed by atoms with Gasteiger partial charge in [0.1, 0.15) is 5.75 Å². The molecule has 18 heavy (non-hydrogen) atoms. The molecule has 100 valence electrons. The van der Waals surface area contributed by atoms with Crippen LogP contribution >= 0.6 is 15.9 Å². The van der Waals surface area contributed by atoms with E-state index in [1.807, 2.05) is 32.0 Å². The zero-order valence-electron chi connectivity index (χ0n) is 11.1. The SMILES string of the molecule is CCc1cc(Br)ccc1OCC(=O)NC(C)CC. The Morgan fingerprint density at radius 2 is 2.17 bits per heavy atom. The van der Waals surface area contributed by atoms with Crippen LogP contribution in [0.25, 0.3) is 0 Å². The maximum atomic E-state index is 11.6. The van der Waals surface area contributed by atoms with E-state index >= 15 is 0 Å². The lowest BCUT2D eigenvalue weighted by molar-refractivity contribution is -0.123. The highest BCUT2D eigenvalue weighted by atomic mass is 79.9. The van der Waals surface area contributed by atoms with E-state index in [1.54, 1.807) is 0 Å². The molecular formula is C14H20BrNO2. The summed E-state index contributed by atoms with van der Waals surface area (Å²) in [6, 6.07) is 6.01. The van der Waals surface area contributed by atoms with Crippen molar-refractivity contribution in [1.82, 2.24) is 5.32 Å². The van der Waals surface area contributed by atoms with Gasteiger partial charge in [0.25, 0.3) is 5.91 Å². The van der Waals surface area contributed by atoms with Gasteiger partial charge in [0.2, 0.25) is 0 Å². The molecule has 1 atom stereocenters. The summed E-state index contributed by atoms with van der Waals surface area (Å²) >= 11 is 3.42. The monoisotopic (exact) mass is 313 g/mol. The fourth-order valence-electron chi connectivity index (χ4n) is 1.53. The van der Waals surface area contributed by atoms with E-state index in [1.165, 1.54) is 0 Å². The van der Waals surface area contributed by atoms with Crippen molar-refractivity contribution < 1.29 is 9.53 Å². The minimum absolute atomic E-state index is 0.0684. The Bertz CT molecular complexity index is 407. The highest BCUT2D eigenvalue weighted by Crippen LogP contribution is 2.23. The highest BCUT2D eigenvalue weighted by molar-refractivity contribution is 9.10. The van der Waals surface area contributed by atoms with Crippen molar-refractivity contribution in [3.8, 4) is 5.75 Å². The Kier molecular flexibility index (Phi) is 6.19. The number of hydrogen-bond donors (Lipinski definition) is 1. The summed E-state index contributed by atoms with van der Waals surface area (Å²) in [5.74, 6) is 0.703. The normalized spacial score (nSPS) is 12.0. The number of carbonyl (C=O) groups excluding carboxylic acids is 1. The maximum absolute atomic E-state index is 11.6. The number of hydrogen-bond acceptors (Lipinski definition) is 2. The van der Waals surface area contributed by atoms with Gasteiger partial charge in [0.15, 0.2) is 6.61 Å². The average molecular weight is 314 g/mol. The van der Waals surface area contributed by atoms with Crippen LogP contribution in [0.5, 0.6) is 5.75 Å². The number of aryl methyl sites for hydroxylation is 1. The molecule has 3 nitrogen and oxygen atoms in total. The minimum Gasteiger partial charge on any atom is -0.483 e. The van der Waals surface area contributed by atoms with E-state index in [2.05, 4.69) is 28.2 Å². The van der Waals surface area contributed by atoms with E-state index in [4.69, 9.17) is 4.74 Å². The topological polar surface area (TPSA) is 38.3 Å². The number of halogens is 1. The predicted octanol–water partition coefficient (Wildman–Crippen LogP) is 3.31. The summed E-state index contributed by atoms with van der Waals surface area (Å²) < 4.78 is 6.58. The molecule has 0 heterocycles. The van der Waals surface area contributed by atoms with Crippen LogP contribution in [-0.4, -0.2) is 18.6 Å². The average Bonchev–Trinajstić information content (AvgIpc) is 2.36. The van der Waals surface area contributed by atoms with Crippen LogP contribution in [0.15, 0.2) is 22.7 Å². The fourth-order valence-corrected chi connectivity index (χ4v) is 1.94. The van der Waals surface area contributed by atoms with Gasteiger partial charge in [-0.15, -0.1) is 0 Å². The Morgan fingerprint density at radius 3 is 2.78 bits per heavy atom. The van der Waals surface area contributed by atoms with Gasteiger partial charge in [-0.25, -0.2) is 0 Å². The second-order valence-electron chi connectivity index (χ2n) is 4.27. The van der Waals surface area contributed by atoms with Crippen LogP contribution in [0.2, 0.25) is 0 Å². The lowest BCUT2D eigenvalue weighted by Gasteiger charge is -2.13. The molecule has 1 amide bonds. The van der Waals surface area contributed by atoms with E-state index in [0.717, 1.165) is 28.6 Å². The molecule has 1 N–H and O–H groups in total. The van der Waals surface area contributed by atoms with Gasteiger partial charge in [-0.05, 0) is 43.5 Å². The van der Waals surface area contributed by atoms with Gasteiger partial charge < -0.3 is 10.1 Å². The zero-order valence-corrected chi connectivity index (χ0v) is 12.7. The zero-order chi connectivity index (χ0) is 13.5. The molecule has 0 aliphatic rings. The summed E-state index contributed by atoms with van der Waals surface area (Å²) in [4.78, 5) is 11.6. The Labute approximate surface area is 117 Å². The highest BCUT2D eigenvalue weighted by Gasteiger charge is 2.08. The standard InChI is InChI=1S/C14H20BrNO2/c1-4-10(3)16-14(17)9-18-13-7-6-12(15)8-11(13)5-2/h6-8,10H,4-5,9H2,1-3H3,(H,16,17). The Hall–Kier alpha value is -1.03. The van der Waals surface area contributed by atoms with Gasteiger partial charge in [-0.1, -0.05) is 29.8 Å². The second kappa shape index (κ2) is 7.41. The van der Waals surface area contributed by atoms with E-state index in [-0.39, 0.29) is 18.6 Å². The van der Waals surface area contributed by atoms with Crippen LogP contribution in [0.1, 0.15) is 32.8 Å². The van der Waals surface area contributed by atoms with E-state index in [0.29, 0.717) is 0 Å². The van der Waals surface area contributed by atoms with Gasteiger partial charge in [-0.2, -0.15) is 0 Å². The third-order valence-electron chi connectivity index (χ3n) is 2.78. The van der Waals surface area contributed by atoms with Crippen LogP contribution in [0.4, 0.5) is 0 Å². The molecule has 0 spiro atoms. The molecule has 0 aliphatic carbocycles. The summed E-state index contributed by atoms with van der Waals surface area (Å²) in [6.07, 6.45) is 1.80. The lowest BCUT2D eigenvalue weighted by atomic mass is 10.1. The number of ether oxygens (including phenoxy) is 1. The molecule has 1 unspecified atom stereocenters. The molecule has 0 aromatic heterocycles. The van der Waals surface area contributed by atoms with Crippen LogP contribution in [0, 0.1) is 0 Å². The first-order chi connectivity index (χ1) is 8.56. The molecule has 0 bridgehead atoms. The van der Waals surface area contributed by atoms with Gasteiger partial charge >= 0.3 is 0 Å². The first kappa shape index (κ1) is 15.0. The number of carbonyl (C=O) groups is 1. The van der Waals surface area contributed by atoms with Crippen molar-refractivity contribution in [1.29, 1.82) is 0 Å². The van der Waals surface area contributed by atoms with Gasteiger partial charge in [-0.3, -0.25) is 4.79 Å². The predicted molar refractivity (Wildman–Crippen MR) is 76.9 cm³/mol. The molecule has 4 heteroatoms. The largest absolute Gasteiger partial charge is 0.483 e. The molecule has 0 fully saturated rings. The number of benzene rings is 1. The number of amides is 1. The van der Waals surface area contributed by atoms with Crippen molar-refractivity contribution >= 4 is 21.8 Å². The van der Waals surface area contributed by atoms with Crippen molar-refractivity contribution in [3.63, 3.8) is 0 Å². The number of nitrogens with one attached hydrogen (secondary N) is 1. The second-order valence-corrected chi connectivity index (χ2v) is 5.19.